The molecule has 0 spiro atoms. The van der Waals surface area contributed by atoms with Crippen molar-refractivity contribution in [2.45, 2.75) is 26.0 Å². The number of anilines is 1. The van der Waals surface area contributed by atoms with Gasteiger partial charge in [0.15, 0.2) is 0 Å². The lowest BCUT2D eigenvalue weighted by atomic mass is 10.1. The molecule has 0 amide bonds. The summed E-state index contributed by atoms with van der Waals surface area (Å²) in [5.41, 5.74) is 6.34. The van der Waals surface area contributed by atoms with E-state index in [-0.39, 0.29) is 23.5 Å². The van der Waals surface area contributed by atoms with E-state index in [1.807, 2.05) is 18.7 Å². The largest absolute Gasteiger partial charge is 0.384 e. The molecule has 0 aliphatic carbocycles. The fourth-order valence-corrected chi connectivity index (χ4v) is 2.26. The highest BCUT2D eigenvalue weighted by molar-refractivity contribution is 6.00. The first-order valence-electron chi connectivity index (χ1n) is 6.02. The molecule has 0 aromatic heterocycles. The average Bonchev–Trinajstić information content (AvgIpc) is 2.31. The third-order valence-corrected chi connectivity index (χ3v) is 3.18. The van der Waals surface area contributed by atoms with Gasteiger partial charge in [0, 0.05) is 12.6 Å². The minimum Gasteiger partial charge on any atom is -0.384 e. The fourth-order valence-electron chi connectivity index (χ4n) is 2.26. The van der Waals surface area contributed by atoms with E-state index in [1.165, 1.54) is 6.07 Å². The van der Waals surface area contributed by atoms with Gasteiger partial charge >= 0.3 is 0 Å². The predicted molar refractivity (Wildman–Crippen MR) is 69.6 cm³/mol. The third kappa shape index (κ3) is 2.31. The van der Waals surface area contributed by atoms with Crippen molar-refractivity contribution in [1.82, 2.24) is 0 Å². The molecule has 0 bridgehead atoms. The first-order chi connectivity index (χ1) is 8.50. The van der Waals surface area contributed by atoms with Crippen LogP contribution in [0.5, 0.6) is 0 Å². The van der Waals surface area contributed by atoms with Crippen molar-refractivity contribution in [1.29, 1.82) is 5.41 Å². The number of rotatable bonds is 2. The van der Waals surface area contributed by atoms with Gasteiger partial charge in [-0.05, 0) is 26.0 Å². The molecule has 1 aliphatic rings. The van der Waals surface area contributed by atoms with Crippen molar-refractivity contribution in [3.8, 4) is 0 Å². The van der Waals surface area contributed by atoms with Crippen LogP contribution < -0.4 is 10.6 Å². The van der Waals surface area contributed by atoms with Crippen LogP contribution in [-0.4, -0.2) is 31.1 Å². The number of ether oxygens (including phenoxy) is 1. The summed E-state index contributed by atoms with van der Waals surface area (Å²) in [7, 11) is 0. The summed E-state index contributed by atoms with van der Waals surface area (Å²) in [6, 6.07) is 4.91. The minimum absolute atomic E-state index is 0.0873. The number of hydrogen-bond donors (Lipinski definition) is 2. The molecular formula is C13H18FN3O. The smallest absolute Gasteiger partial charge is 0.136 e. The van der Waals surface area contributed by atoms with E-state index in [4.69, 9.17) is 15.9 Å². The maximum absolute atomic E-state index is 13.8. The molecule has 98 valence electrons. The summed E-state index contributed by atoms with van der Waals surface area (Å²) in [4.78, 5) is 2.05. The van der Waals surface area contributed by atoms with E-state index >= 15 is 0 Å². The molecule has 3 N–H and O–H groups in total. The maximum Gasteiger partial charge on any atom is 0.136 e. The van der Waals surface area contributed by atoms with Crippen LogP contribution in [0.3, 0.4) is 0 Å². The molecule has 2 rings (SSSR count). The zero-order valence-electron chi connectivity index (χ0n) is 10.6. The number of hydrogen-bond acceptors (Lipinski definition) is 3. The summed E-state index contributed by atoms with van der Waals surface area (Å²) in [6.45, 7) is 5.26. The normalized spacial score (nSPS) is 24.1. The Morgan fingerprint density at radius 2 is 2.22 bits per heavy atom. The van der Waals surface area contributed by atoms with Crippen molar-refractivity contribution in [2.24, 2.45) is 5.73 Å². The van der Waals surface area contributed by atoms with Gasteiger partial charge in [-0.15, -0.1) is 0 Å². The second-order valence-corrected chi connectivity index (χ2v) is 4.69. The number of halogens is 1. The molecule has 0 radical (unpaired) electrons. The molecule has 1 heterocycles. The van der Waals surface area contributed by atoms with Crippen LogP contribution in [0, 0.1) is 11.2 Å². The quantitative estimate of drug-likeness (QED) is 0.621. The second kappa shape index (κ2) is 4.94. The maximum atomic E-state index is 13.8. The Balaban J connectivity index is 2.43. The molecule has 1 aromatic carbocycles. The molecule has 1 fully saturated rings. The lowest BCUT2D eigenvalue weighted by Gasteiger charge is -2.39. The van der Waals surface area contributed by atoms with E-state index < -0.39 is 5.82 Å². The molecule has 2 unspecified atom stereocenters. The van der Waals surface area contributed by atoms with Gasteiger partial charge in [-0.25, -0.2) is 4.39 Å². The molecule has 0 saturated carbocycles. The number of nitrogen functional groups attached to an aromatic ring is 1. The van der Waals surface area contributed by atoms with Crippen LogP contribution in [0.4, 0.5) is 10.1 Å². The van der Waals surface area contributed by atoms with Gasteiger partial charge in [-0.1, -0.05) is 6.07 Å². The lowest BCUT2D eigenvalue weighted by Crippen LogP contribution is -2.48. The highest BCUT2D eigenvalue weighted by Crippen LogP contribution is 2.27. The topological polar surface area (TPSA) is 62.3 Å². The highest BCUT2D eigenvalue weighted by atomic mass is 19.1. The number of nitrogens with one attached hydrogen (secondary N) is 1. The fraction of sp³-hybridized carbons (Fsp3) is 0.462. The molecule has 2 atom stereocenters. The molecule has 4 nitrogen and oxygen atoms in total. The Bertz CT molecular complexity index is 464. The van der Waals surface area contributed by atoms with Crippen molar-refractivity contribution in [3.05, 3.63) is 29.6 Å². The molecule has 18 heavy (non-hydrogen) atoms. The Hall–Kier alpha value is -1.62. The van der Waals surface area contributed by atoms with Crippen molar-refractivity contribution < 1.29 is 9.13 Å². The van der Waals surface area contributed by atoms with Crippen LogP contribution in [0.2, 0.25) is 0 Å². The minimum atomic E-state index is -0.452. The number of amidine groups is 1. The van der Waals surface area contributed by atoms with Crippen LogP contribution in [0.25, 0.3) is 0 Å². The first-order valence-corrected chi connectivity index (χ1v) is 6.02. The van der Waals surface area contributed by atoms with Crippen LogP contribution in [-0.2, 0) is 4.74 Å². The Morgan fingerprint density at radius 3 is 2.89 bits per heavy atom. The molecule has 1 aliphatic heterocycles. The first kappa shape index (κ1) is 12.8. The second-order valence-electron chi connectivity index (χ2n) is 4.69. The van der Waals surface area contributed by atoms with Gasteiger partial charge in [0.2, 0.25) is 0 Å². The highest BCUT2D eigenvalue weighted by Gasteiger charge is 2.26. The number of morpholine rings is 1. The zero-order chi connectivity index (χ0) is 13.3. The molecule has 1 aromatic rings. The van der Waals surface area contributed by atoms with E-state index in [0.717, 1.165) is 0 Å². The van der Waals surface area contributed by atoms with Crippen LogP contribution in [0.1, 0.15) is 19.4 Å². The van der Waals surface area contributed by atoms with E-state index in [0.29, 0.717) is 18.8 Å². The molecule has 5 heteroatoms. The SMILES string of the molecule is CC1CN(c2cccc(F)c2C(=N)N)C(C)CO1. The van der Waals surface area contributed by atoms with Crippen molar-refractivity contribution in [2.75, 3.05) is 18.1 Å². The molecule has 1 saturated heterocycles. The van der Waals surface area contributed by atoms with E-state index in [2.05, 4.69) is 0 Å². The van der Waals surface area contributed by atoms with Gasteiger partial charge in [-0.3, -0.25) is 5.41 Å². The predicted octanol–water partition coefficient (Wildman–Crippen LogP) is 1.72. The Morgan fingerprint density at radius 1 is 1.50 bits per heavy atom. The Kier molecular flexibility index (Phi) is 3.52. The summed E-state index contributed by atoms with van der Waals surface area (Å²) in [5.74, 6) is -0.694. The van der Waals surface area contributed by atoms with Crippen LogP contribution >= 0.6 is 0 Å². The van der Waals surface area contributed by atoms with Gasteiger partial charge < -0.3 is 15.4 Å². The van der Waals surface area contributed by atoms with Gasteiger partial charge in [-0.2, -0.15) is 0 Å². The summed E-state index contributed by atoms with van der Waals surface area (Å²) in [6.07, 6.45) is 0.0873. The van der Waals surface area contributed by atoms with Crippen LogP contribution in [0.15, 0.2) is 18.2 Å². The van der Waals surface area contributed by atoms with Crippen molar-refractivity contribution in [3.63, 3.8) is 0 Å². The summed E-state index contributed by atoms with van der Waals surface area (Å²) in [5, 5.41) is 7.53. The third-order valence-electron chi connectivity index (χ3n) is 3.18. The summed E-state index contributed by atoms with van der Waals surface area (Å²) >= 11 is 0. The zero-order valence-corrected chi connectivity index (χ0v) is 10.6. The van der Waals surface area contributed by atoms with Gasteiger partial charge in [0.25, 0.3) is 0 Å². The Labute approximate surface area is 106 Å². The number of nitrogens with two attached hydrogens (primary N) is 1. The standard InChI is InChI=1S/C13H18FN3O/c1-8-7-18-9(2)6-17(8)11-5-3-4-10(14)12(11)13(15)16/h3-5,8-9H,6-7H2,1-2H3,(H3,15,16). The summed E-state index contributed by atoms with van der Waals surface area (Å²) < 4.78 is 19.4. The van der Waals surface area contributed by atoms with E-state index in [1.54, 1.807) is 12.1 Å². The number of benzene rings is 1. The van der Waals surface area contributed by atoms with Gasteiger partial charge in [0.1, 0.15) is 11.7 Å². The van der Waals surface area contributed by atoms with Crippen molar-refractivity contribution >= 4 is 11.5 Å². The lowest BCUT2D eigenvalue weighted by molar-refractivity contribution is 0.0343. The van der Waals surface area contributed by atoms with Gasteiger partial charge in [0.05, 0.1) is 24.0 Å². The monoisotopic (exact) mass is 251 g/mol. The number of nitrogens with zero attached hydrogens (tertiary/aromatic N) is 1. The van der Waals surface area contributed by atoms with E-state index in [9.17, 15) is 4.39 Å². The molecular weight excluding hydrogens is 233 g/mol. The average molecular weight is 251 g/mol.